The molecule has 7 heteroatoms. The van der Waals surface area contributed by atoms with Gasteiger partial charge in [0.15, 0.2) is 0 Å². The smallest absolute Gasteiger partial charge is 0.234 e. The van der Waals surface area contributed by atoms with E-state index in [0.29, 0.717) is 29.5 Å². The zero-order valence-electron chi connectivity index (χ0n) is 16.3. The van der Waals surface area contributed by atoms with E-state index >= 15 is 0 Å². The Morgan fingerprint density at radius 3 is 2.45 bits per heavy atom. The number of nitrogens with zero attached hydrogens (tertiary/aromatic N) is 2. The fourth-order valence-electron chi connectivity index (χ4n) is 2.71. The van der Waals surface area contributed by atoms with Crippen molar-refractivity contribution in [3.05, 3.63) is 54.1 Å². The third-order valence-electron chi connectivity index (χ3n) is 3.97. The minimum atomic E-state index is -0.173. The maximum atomic E-state index is 12.3. The molecule has 3 aromatic rings. The predicted molar refractivity (Wildman–Crippen MR) is 115 cm³/mol. The summed E-state index contributed by atoms with van der Waals surface area (Å²) in [6.07, 6.45) is 0. The molecule has 0 unspecified atom stereocenters. The van der Waals surface area contributed by atoms with Crippen LogP contribution in [0.4, 0.5) is 5.69 Å². The summed E-state index contributed by atoms with van der Waals surface area (Å²) in [5.41, 5.74) is 1.86. The van der Waals surface area contributed by atoms with Crippen molar-refractivity contribution in [2.75, 3.05) is 24.3 Å². The lowest BCUT2D eigenvalue weighted by Gasteiger charge is -2.09. The number of ether oxygens (including phenoxy) is 2. The molecular formula is C22H21N3O3S. The minimum absolute atomic E-state index is 0.144. The number of aromatic nitrogens is 1. The molecule has 3 rings (SSSR count). The van der Waals surface area contributed by atoms with Crippen LogP contribution in [-0.2, 0) is 4.79 Å². The number of carbonyl (C=O) groups excluding carboxylic acids is 1. The molecule has 0 fully saturated rings. The van der Waals surface area contributed by atoms with E-state index in [-0.39, 0.29) is 11.7 Å². The summed E-state index contributed by atoms with van der Waals surface area (Å²) in [6.45, 7) is 4.99. The normalized spacial score (nSPS) is 10.4. The van der Waals surface area contributed by atoms with E-state index in [1.165, 1.54) is 11.8 Å². The number of rotatable bonds is 8. The average molecular weight is 407 g/mol. The predicted octanol–water partition coefficient (Wildman–Crippen LogP) is 4.63. The van der Waals surface area contributed by atoms with E-state index in [4.69, 9.17) is 9.47 Å². The van der Waals surface area contributed by atoms with Crippen LogP contribution in [0.5, 0.6) is 11.5 Å². The molecule has 2 aromatic carbocycles. The molecule has 1 aromatic heterocycles. The van der Waals surface area contributed by atoms with E-state index < -0.39 is 0 Å². The van der Waals surface area contributed by atoms with Crippen molar-refractivity contribution in [2.24, 2.45) is 0 Å². The van der Waals surface area contributed by atoms with Gasteiger partial charge in [-0.25, -0.2) is 4.98 Å². The van der Waals surface area contributed by atoms with Gasteiger partial charge in [0.1, 0.15) is 22.6 Å². The Bertz CT molecular complexity index is 1050. The highest BCUT2D eigenvalue weighted by Gasteiger charge is 2.11. The highest BCUT2D eigenvalue weighted by molar-refractivity contribution is 8.00. The standard InChI is InChI=1S/C22H21N3O3S/c1-3-27-18-9-6-17(7-10-18)24-21(26)14-29-22-16(13-23)11-15-5-8-19(28-4-2)12-20(15)25-22/h5-12H,3-4,14H2,1-2H3,(H,24,26). The van der Waals surface area contributed by atoms with Crippen LogP contribution in [0.1, 0.15) is 19.4 Å². The molecule has 0 atom stereocenters. The van der Waals surface area contributed by atoms with Crippen molar-refractivity contribution in [3.63, 3.8) is 0 Å². The molecule has 0 aliphatic heterocycles. The Labute approximate surface area is 173 Å². The van der Waals surface area contributed by atoms with Gasteiger partial charge in [-0.2, -0.15) is 5.26 Å². The highest BCUT2D eigenvalue weighted by Crippen LogP contribution is 2.27. The van der Waals surface area contributed by atoms with Gasteiger partial charge >= 0.3 is 0 Å². The second kappa shape index (κ2) is 9.80. The largest absolute Gasteiger partial charge is 0.494 e. The number of carbonyl (C=O) groups is 1. The molecule has 0 aliphatic rings. The maximum absolute atomic E-state index is 12.3. The molecule has 0 radical (unpaired) electrons. The third kappa shape index (κ3) is 5.39. The molecule has 0 bridgehead atoms. The second-order valence-electron chi connectivity index (χ2n) is 6.03. The van der Waals surface area contributed by atoms with E-state index in [1.54, 1.807) is 30.3 Å². The van der Waals surface area contributed by atoms with Crippen LogP contribution >= 0.6 is 11.8 Å². The molecule has 1 amide bonds. The summed E-state index contributed by atoms with van der Waals surface area (Å²) >= 11 is 1.23. The number of hydrogen-bond acceptors (Lipinski definition) is 6. The summed E-state index contributed by atoms with van der Waals surface area (Å²) in [6, 6.07) is 16.7. The van der Waals surface area contributed by atoms with Gasteiger partial charge in [-0.1, -0.05) is 11.8 Å². The van der Waals surface area contributed by atoms with Crippen LogP contribution in [0, 0.1) is 11.3 Å². The number of thioether (sulfide) groups is 1. The van der Waals surface area contributed by atoms with Crippen molar-refractivity contribution < 1.29 is 14.3 Å². The first kappa shape index (κ1) is 20.5. The Morgan fingerprint density at radius 2 is 1.76 bits per heavy atom. The first-order valence-corrected chi connectivity index (χ1v) is 10.2. The second-order valence-corrected chi connectivity index (χ2v) is 7.00. The molecule has 0 saturated carbocycles. The zero-order valence-corrected chi connectivity index (χ0v) is 17.1. The SMILES string of the molecule is CCOc1ccc(NC(=O)CSc2nc3cc(OCC)ccc3cc2C#N)cc1. The quantitative estimate of drug-likeness (QED) is 0.548. The van der Waals surface area contributed by atoms with E-state index in [1.807, 2.05) is 32.0 Å². The average Bonchev–Trinajstić information content (AvgIpc) is 2.73. The minimum Gasteiger partial charge on any atom is -0.494 e. The fraction of sp³-hybridized carbons (Fsp3) is 0.227. The van der Waals surface area contributed by atoms with E-state index in [2.05, 4.69) is 16.4 Å². The summed E-state index contributed by atoms with van der Waals surface area (Å²) < 4.78 is 10.9. The molecule has 1 heterocycles. The third-order valence-corrected chi connectivity index (χ3v) is 4.97. The van der Waals surface area contributed by atoms with Crippen molar-refractivity contribution >= 4 is 34.3 Å². The lowest BCUT2D eigenvalue weighted by Crippen LogP contribution is -2.14. The molecule has 29 heavy (non-hydrogen) atoms. The first-order valence-electron chi connectivity index (χ1n) is 9.26. The molecule has 0 saturated heterocycles. The summed E-state index contributed by atoms with van der Waals surface area (Å²) in [5, 5.41) is 13.7. The molecule has 1 N–H and O–H groups in total. The summed E-state index contributed by atoms with van der Waals surface area (Å²) in [4.78, 5) is 16.9. The Kier molecular flexibility index (Phi) is 6.93. The van der Waals surface area contributed by atoms with Gasteiger partial charge in [-0.3, -0.25) is 4.79 Å². The van der Waals surface area contributed by atoms with Gasteiger partial charge in [-0.05, 0) is 56.3 Å². The Morgan fingerprint density at radius 1 is 1.07 bits per heavy atom. The van der Waals surface area contributed by atoms with Crippen molar-refractivity contribution in [3.8, 4) is 17.6 Å². The topological polar surface area (TPSA) is 84.2 Å². The van der Waals surface area contributed by atoms with Gasteiger partial charge in [0.05, 0.1) is 30.0 Å². The summed E-state index contributed by atoms with van der Waals surface area (Å²) in [5.74, 6) is 1.45. The van der Waals surface area contributed by atoms with Crippen LogP contribution in [-0.4, -0.2) is 29.9 Å². The number of amides is 1. The van der Waals surface area contributed by atoms with Gasteiger partial charge < -0.3 is 14.8 Å². The van der Waals surface area contributed by atoms with E-state index in [0.717, 1.165) is 22.4 Å². The van der Waals surface area contributed by atoms with Crippen LogP contribution < -0.4 is 14.8 Å². The van der Waals surface area contributed by atoms with Gasteiger partial charge in [0, 0.05) is 17.1 Å². The fourth-order valence-corrected chi connectivity index (χ4v) is 3.47. The summed E-state index contributed by atoms with van der Waals surface area (Å²) in [7, 11) is 0. The Balaban J connectivity index is 1.69. The Hall–Kier alpha value is -3.24. The highest BCUT2D eigenvalue weighted by atomic mass is 32.2. The van der Waals surface area contributed by atoms with Gasteiger partial charge in [0.2, 0.25) is 5.91 Å². The lowest BCUT2D eigenvalue weighted by molar-refractivity contribution is -0.113. The first-order chi connectivity index (χ1) is 14.1. The number of benzene rings is 2. The van der Waals surface area contributed by atoms with Crippen molar-refractivity contribution in [2.45, 2.75) is 18.9 Å². The number of hydrogen-bond donors (Lipinski definition) is 1. The van der Waals surface area contributed by atoms with Crippen LogP contribution in [0.3, 0.4) is 0 Å². The maximum Gasteiger partial charge on any atom is 0.234 e. The zero-order chi connectivity index (χ0) is 20.6. The molecule has 6 nitrogen and oxygen atoms in total. The van der Waals surface area contributed by atoms with E-state index in [9.17, 15) is 10.1 Å². The molecule has 0 aliphatic carbocycles. The number of nitrogens with one attached hydrogen (secondary N) is 1. The van der Waals surface area contributed by atoms with Crippen LogP contribution in [0.25, 0.3) is 10.9 Å². The number of pyridine rings is 1. The number of anilines is 1. The molecular weight excluding hydrogens is 386 g/mol. The lowest BCUT2D eigenvalue weighted by atomic mass is 10.1. The molecule has 0 spiro atoms. The molecule has 148 valence electrons. The van der Waals surface area contributed by atoms with Crippen molar-refractivity contribution in [1.29, 1.82) is 5.26 Å². The van der Waals surface area contributed by atoms with Crippen molar-refractivity contribution in [1.82, 2.24) is 4.98 Å². The van der Waals surface area contributed by atoms with Crippen LogP contribution in [0.15, 0.2) is 53.6 Å². The van der Waals surface area contributed by atoms with Gasteiger partial charge in [0.25, 0.3) is 0 Å². The number of nitriles is 1. The monoisotopic (exact) mass is 407 g/mol. The van der Waals surface area contributed by atoms with Crippen LogP contribution in [0.2, 0.25) is 0 Å². The van der Waals surface area contributed by atoms with Gasteiger partial charge in [-0.15, -0.1) is 0 Å². The number of fused-ring (bicyclic) bond motifs is 1.